The van der Waals surface area contributed by atoms with Crippen molar-refractivity contribution in [2.75, 3.05) is 7.11 Å². The maximum Gasteiger partial charge on any atom is 0.220 e. The number of nitrogens with one attached hydrogen (secondary N) is 1. The number of hydrogen-bond donors (Lipinski definition) is 1. The molecule has 1 unspecified atom stereocenters. The van der Waals surface area contributed by atoms with Crippen LogP contribution in [0.1, 0.15) is 41.4 Å². The molecule has 1 amide bonds. The van der Waals surface area contributed by atoms with Crippen LogP contribution in [0.4, 0.5) is 0 Å². The fraction of sp³-hybridized carbons (Fsp3) is 0.304. The number of aromatic nitrogens is 2. The molecule has 0 aliphatic heterocycles. The maximum atomic E-state index is 12.7. The van der Waals surface area contributed by atoms with Crippen LogP contribution in [0.2, 0.25) is 0 Å². The minimum absolute atomic E-state index is 0.00557. The number of carbonyl (C=O) groups excluding carboxylic acids is 1. The molecule has 5 heteroatoms. The number of methoxy groups -OCH3 is 1. The first-order valence-electron chi connectivity index (χ1n) is 9.53. The van der Waals surface area contributed by atoms with Gasteiger partial charge >= 0.3 is 0 Å². The topological polar surface area (TPSA) is 56.1 Å². The van der Waals surface area contributed by atoms with E-state index in [2.05, 4.69) is 41.5 Å². The lowest BCUT2D eigenvalue weighted by Gasteiger charge is -2.21. The van der Waals surface area contributed by atoms with Gasteiger partial charge < -0.3 is 14.6 Å². The van der Waals surface area contributed by atoms with Crippen LogP contribution >= 0.6 is 0 Å². The summed E-state index contributed by atoms with van der Waals surface area (Å²) >= 11 is 0. The SMILES string of the molecule is COc1ccccc1C(NC(=O)CCCc1ccc(C)cc1)c1nccn1C. The van der Waals surface area contributed by atoms with Gasteiger partial charge in [-0.2, -0.15) is 0 Å². The van der Waals surface area contributed by atoms with E-state index >= 15 is 0 Å². The van der Waals surface area contributed by atoms with E-state index in [9.17, 15) is 4.79 Å². The predicted octanol–water partition coefficient (Wildman–Crippen LogP) is 3.97. The Morgan fingerprint density at radius 2 is 1.93 bits per heavy atom. The molecule has 3 rings (SSSR count). The lowest BCUT2D eigenvalue weighted by Crippen LogP contribution is -2.31. The quantitative estimate of drug-likeness (QED) is 0.646. The van der Waals surface area contributed by atoms with Gasteiger partial charge in [0.1, 0.15) is 17.6 Å². The zero-order valence-corrected chi connectivity index (χ0v) is 16.7. The fourth-order valence-electron chi connectivity index (χ4n) is 3.28. The van der Waals surface area contributed by atoms with Crippen LogP contribution in [0.5, 0.6) is 5.75 Å². The molecular weight excluding hydrogens is 350 g/mol. The molecule has 0 radical (unpaired) electrons. The normalized spacial score (nSPS) is 11.8. The fourth-order valence-corrected chi connectivity index (χ4v) is 3.28. The van der Waals surface area contributed by atoms with E-state index in [0.717, 1.165) is 30.0 Å². The Balaban J connectivity index is 1.70. The highest BCUT2D eigenvalue weighted by atomic mass is 16.5. The van der Waals surface area contributed by atoms with Gasteiger partial charge in [-0.3, -0.25) is 4.79 Å². The zero-order chi connectivity index (χ0) is 19.9. The summed E-state index contributed by atoms with van der Waals surface area (Å²) in [7, 11) is 3.56. The molecule has 0 spiro atoms. The Bertz CT molecular complexity index is 916. The lowest BCUT2D eigenvalue weighted by atomic mass is 10.0. The Morgan fingerprint density at radius 3 is 2.61 bits per heavy atom. The average molecular weight is 377 g/mol. The molecule has 0 aliphatic carbocycles. The molecule has 0 saturated heterocycles. The standard InChI is InChI=1S/C23H27N3O2/c1-17-11-13-18(14-12-17)7-6-10-21(27)25-22(23-24-15-16-26(23)2)19-8-4-5-9-20(19)28-3/h4-5,8-9,11-16,22H,6-7,10H2,1-3H3,(H,25,27). The van der Waals surface area contributed by atoms with Crippen molar-refractivity contribution >= 4 is 5.91 Å². The number of amides is 1. The van der Waals surface area contributed by atoms with Crippen LogP contribution in [0.3, 0.4) is 0 Å². The smallest absolute Gasteiger partial charge is 0.220 e. The Kier molecular flexibility index (Phi) is 6.48. The molecular formula is C23H27N3O2. The minimum atomic E-state index is -0.358. The van der Waals surface area contributed by atoms with Crippen molar-refractivity contribution in [1.82, 2.24) is 14.9 Å². The summed E-state index contributed by atoms with van der Waals surface area (Å²) in [5.74, 6) is 1.51. The maximum absolute atomic E-state index is 12.7. The van der Waals surface area contributed by atoms with Crippen molar-refractivity contribution < 1.29 is 9.53 Å². The van der Waals surface area contributed by atoms with Gasteiger partial charge in [0.2, 0.25) is 5.91 Å². The first-order valence-corrected chi connectivity index (χ1v) is 9.53. The van der Waals surface area contributed by atoms with Gasteiger partial charge in [0, 0.05) is 31.4 Å². The second-order valence-corrected chi connectivity index (χ2v) is 6.98. The molecule has 146 valence electrons. The Hall–Kier alpha value is -3.08. The van der Waals surface area contributed by atoms with Gasteiger partial charge in [-0.15, -0.1) is 0 Å². The third kappa shape index (κ3) is 4.80. The second kappa shape index (κ2) is 9.22. The highest BCUT2D eigenvalue weighted by Gasteiger charge is 2.23. The number of nitrogens with zero attached hydrogens (tertiary/aromatic N) is 2. The van der Waals surface area contributed by atoms with Gasteiger partial charge in [0.05, 0.1) is 7.11 Å². The minimum Gasteiger partial charge on any atom is -0.496 e. The Morgan fingerprint density at radius 1 is 1.18 bits per heavy atom. The van der Waals surface area contributed by atoms with Crippen LogP contribution in [0.15, 0.2) is 60.9 Å². The zero-order valence-electron chi connectivity index (χ0n) is 16.7. The van der Waals surface area contributed by atoms with Gasteiger partial charge in [0.25, 0.3) is 0 Å². The summed E-state index contributed by atoms with van der Waals surface area (Å²) in [6.07, 6.45) is 5.76. The van der Waals surface area contributed by atoms with Crippen molar-refractivity contribution in [2.24, 2.45) is 7.05 Å². The van der Waals surface area contributed by atoms with E-state index in [1.54, 1.807) is 13.3 Å². The molecule has 0 fully saturated rings. The number of rotatable bonds is 8. The van der Waals surface area contributed by atoms with Gasteiger partial charge in [-0.05, 0) is 31.4 Å². The molecule has 0 aliphatic rings. The monoisotopic (exact) mass is 377 g/mol. The van der Waals surface area contributed by atoms with E-state index < -0.39 is 0 Å². The summed E-state index contributed by atoms with van der Waals surface area (Å²) in [5.41, 5.74) is 3.39. The molecule has 2 aromatic carbocycles. The lowest BCUT2D eigenvalue weighted by molar-refractivity contribution is -0.121. The predicted molar refractivity (Wildman–Crippen MR) is 110 cm³/mol. The van der Waals surface area contributed by atoms with E-state index in [4.69, 9.17) is 4.74 Å². The summed E-state index contributed by atoms with van der Waals surface area (Å²) < 4.78 is 7.43. The number of benzene rings is 2. The highest BCUT2D eigenvalue weighted by Crippen LogP contribution is 2.29. The second-order valence-electron chi connectivity index (χ2n) is 6.98. The summed E-state index contributed by atoms with van der Waals surface area (Å²) in [4.78, 5) is 17.1. The van der Waals surface area contributed by atoms with Crippen molar-refractivity contribution in [2.45, 2.75) is 32.2 Å². The molecule has 1 N–H and O–H groups in total. The number of aryl methyl sites for hydroxylation is 3. The van der Waals surface area contributed by atoms with E-state index in [1.165, 1.54) is 11.1 Å². The van der Waals surface area contributed by atoms with Crippen molar-refractivity contribution in [3.63, 3.8) is 0 Å². The Labute approximate surface area is 166 Å². The first kappa shape index (κ1) is 19.7. The molecule has 0 saturated carbocycles. The van der Waals surface area contributed by atoms with Gasteiger partial charge in [-0.1, -0.05) is 48.0 Å². The molecule has 5 nitrogen and oxygen atoms in total. The van der Waals surface area contributed by atoms with Crippen LogP contribution in [0.25, 0.3) is 0 Å². The van der Waals surface area contributed by atoms with E-state index in [-0.39, 0.29) is 11.9 Å². The van der Waals surface area contributed by atoms with Crippen LogP contribution in [-0.4, -0.2) is 22.6 Å². The molecule has 28 heavy (non-hydrogen) atoms. The number of imidazole rings is 1. The van der Waals surface area contributed by atoms with Gasteiger partial charge in [-0.25, -0.2) is 4.98 Å². The third-order valence-corrected chi connectivity index (χ3v) is 4.86. The van der Waals surface area contributed by atoms with E-state index in [1.807, 2.05) is 42.1 Å². The molecule has 0 bridgehead atoms. The summed E-state index contributed by atoms with van der Waals surface area (Å²) in [6.45, 7) is 2.08. The summed E-state index contributed by atoms with van der Waals surface area (Å²) in [5, 5.41) is 3.14. The van der Waals surface area contributed by atoms with Crippen LogP contribution < -0.4 is 10.1 Å². The highest BCUT2D eigenvalue weighted by molar-refractivity contribution is 5.77. The summed E-state index contributed by atoms with van der Waals surface area (Å²) in [6, 6.07) is 15.8. The van der Waals surface area contributed by atoms with Crippen molar-refractivity contribution in [1.29, 1.82) is 0 Å². The molecule has 1 heterocycles. The number of carbonyl (C=O) groups is 1. The first-order chi connectivity index (χ1) is 13.6. The van der Waals surface area contributed by atoms with Crippen molar-refractivity contribution in [3.05, 3.63) is 83.4 Å². The molecule has 1 aromatic heterocycles. The number of para-hydroxylation sites is 1. The van der Waals surface area contributed by atoms with Crippen LogP contribution in [0, 0.1) is 6.92 Å². The number of hydrogen-bond acceptors (Lipinski definition) is 3. The van der Waals surface area contributed by atoms with Crippen molar-refractivity contribution in [3.8, 4) is 5.75 Å². The average Bonchev–Trinajstić information content (AvgIpc) is 3.13. The van der Waals surface area contributed by atoms with Gasteiger partial charge in [0.15, 0.2) is 0 Å². The van der Waals surface area contributed by atoms with Crippen LogP contribution in [-0.2, 0) is 18.3 Å². The van der Waals surface area contributed by atoms with E-state index in [0.29, 0.717) is 6.42 Å². The largest absolute Gasteiger partial charge is 0.496 e. The number of ether oxygens (including phenoxy) is 1. The molecule has 3 aromatic rings. The molecule has 1 atom stereocenters. The third-order valence-electron chi connectivity index (χ3n) is 4.86.